The molecule has 1 aromatic carbocycles. The maximum Gasteiger partial charge on any atom is 0.270 e. The summed E-state index contributed by atoms with van der Waals surface area (Å²) < 4.78 is 0.667. The third-order valence-electron chi connectivity index (χ3n) is 3.80. The zero-order chi connectivity index (χ0) is 15.4. The number of carbonyl (C=O) groups excluding carboxylic acids is 1. The first kappa shape index (κ1) is 16.2. The van der Waals surface area contributed by atoms with E-state index in [-0.39, 0.29) is 23.6 Å². The van der Waals surface area contributed by atoms with Crippen LogP contribution in [0.4, 0.5) is 5.69 Å². The quantitative estimate of drug-likeness (QED) is 0.458. The number of hydrogen-bond acceptors (Lipinski definition) is 4. The molecule has 1 fully saturated rings. The molecule has 114 valence electrons. The summed E-state index contributed by atoms with van der Waals surface area (Å²) in [4.78, 5) is 22.4. The Morgan fingerprint density at radius 1 is 1.43 bits per heavy atom. The Kier molecular flexibility index (Phi) is 5.51. The molecule has 7 heteroatoms. The fraction of sp³-hybridized carbons (Fsp3) is 0.500. The van der Waals surface area contributed by atoms with Gasteiger partial charge in [0.05, 0.1) is 16.6 Å². The summed E-state index contributed by atoms with van der Waals surface area (Å²) in [5, 5.41) is 23.4. The Hall–Kier alpha value is -1.22. The second-order valence-electron chi connectivity index (χ2n) is 5.24. The van der Waals surface area contributed by atoms with Gasteiger partial charge in [0.1, 0.15) is 0 Å². The molecule has 1 aliphatic carbocycles. The topological polar surface area (TPSA) is 92.5 Å². The highest BCUT2D eigenvalue weighted by Gasteiger charge is 2.24. The number of aliphatic hydroxyl groups is 1. The van der Waals surface area contributed by atoms with Crippen molar-refractivity contribution in [2.24, 2.45) is 5.92 Å². The number of nitrogens with zero attached hydrogens (tertiary/aromatic N) is 1. The van der Waals surface area contributed by atoms with Crippen LogP contribution in [0.25, 0.3) is 0 Å². The molecule has 0 aliphatic heterocycles. The average Bonchev–Trinajstić information content (AvgIpc) is 2.46. The monoisotopic (exact) mass is 404 g/mol. The van der Waals surface area contributed by atoms with E-state index in [1.807, 2.05) is 22.6 Å². The molecule has 1 amide bonds. The number of carbonyl (C=O) groups is 1. The lowest BCUT2D eigenvalue weighted by Crippen LogP contribution is -2.36. The van der Waals surface area contributed by atoms with Crippen LogP contribution in [0.2, 0.25) is 0 Å². The maximum atomic E-state index is 12.2. The zero-order valence-corrected chi connectivity index (χ0v) is 13.6. The highest BCUT2D eigenvalue weighted by Crippen LogP contribution is 2.24. The summed E-state index contributed by atoms with van der Waals surface area (Å²) in [5.74, 6) is -0.264. The fourth-order valence-corrected chi connectivity index (χ4v) is 3.13. The van der Waals surface area contributed by atoms with Crippen LogP contribution in [-0.2, 0) is 0 Å². The number of amides is 1. The highest BCUT2D eigenvalue weighted by atomic mass is 127. The van der Waals surface area contributed by atoms with Crippen molar-refractivity contribution in [3.8, 4) is 0 Å². The van der Waals surface area contributed by atoms with E-state index in [0.717, 1.165) is 25.7 Å². The van der Waals surface area contributed by atoms with Crippen LogP contribution in [0.1, 0.15) is 36.0 Å². The standard InChI is InChI=1S/C14H17IN2O4/c15-12-6-5-10(17(20)21)7-11(12)14(19)16-8-9-3-1-2-4-13(9)18/h5-7,9,13,18H,1-4,8H2,(H,16,19). The number of nitro groups is 1. The highest BCUT2D eigenvalue weighted by molar-refractivity contribution is 14.1. The van der Waals surface area contributed by atoms with Crippen molar-refractivity contribution in [3.63, 3.8) is 0 Å². The van der Waals surface area contributed by atoms with Gasteiger partial charge in [0.15, 0.2) is 0 Å². The number of aliphatic hydroxyl groups excluding tert-OH is 1. The molecule has 0 saturated heterocycles. The maximum absolute atomic E-state index is 12.2. The smallest absolute Gasteiger partial charge is 0.270 e. The predicted molar refractivity (Wildman–Crippen MR) is 86.1 cm³/mol. The Morgan fingerprint density at radius 2 is 2.14 bits per heavy atom. The third-order valence-corrected chi connectivity index (χ3v) is 4.74. The van der Waals surface area contributed by atoms with Crippen molar-refractivity contribution in [3.05, 3.63) is 37.4 Å². The van der Waals surface area contributed by atoms with Crippen molar-refractivity contribution < 1.29 is 14.8 Å². The molecule has 2 N–H and O–H groups in total. The number of non-ortho nitro benzene ring substituents is 1. The molecule has 1 saturated carbocycles. The first-order chi connectivity index (χ1) is 9.99. The Labute approximate surface area is 136 Å². The molecular weight excluding hydrogens is 387 g/mol. The second-order valence-corrected chi connectivity index (χ2v) is 6.41. The SMILES string of the molecule is O=C(NCC1CCCCC1O)c1cc([N+](=O)[O-])ccc1I. The van der Waals surface area contributed by atoms with Crippen LogP contribution in [-0.4, -0.2) is 28.6 Å². The lowest BCUT2D eigenvalue weighted by molar-refractivity contribution is -0.384. The summed E-state index contributed by atoms with van der Waals surface area (Å²) in [6.07, 6.45) is 3.38. The number of benzene rings is 1. The van der Waals surface area contributed by atoms with Gasteiger partial charge in [0.2, 0.25) is 0 Å². The van der Waals surface area contributed by atoms with Crippen molar-refractivity contribution in [1.82, 2.24) is 5.32 Å². The van der Waals surface area contributed by atoms with Gasteiger partial charge in [-0.1, -0.05) is 12.8 Å². The first-order valence-electron chi connectivity index (χ1n) is 6.89. The molecule has 0 radical (unpaired) electrons. The summed E-state index contributed by atoms with van der Waals surface area (Å²) in [6, 6.07) is 4.22. The molecule has 2 rings (SSSR count). The predicted octanol–water partition coefficient (Wildman–Crippen LogP) is 2.48. The van der Waals surface area contributed by atoms with Gasteiger partial charge >= 0.3 is 0 Å². The lowest BCUT2D eigenvalue weighted by atomic mass is 9.86. The molecule has 0 spiro atoms. The van der Waals surface area contributed by atoms with Gasteiger partial charge in [-0.25, -0.2) is 0 Å². The minimum Gasteiger partial charge on any atom is -0.393 e. The number of halogens is 1. The molecule has 2 unspecified atom stereocenters. The Balaban J connectivity index is 2.02. The van der Waals surface area contributed by atoms with E-state index < -0.39 is 4.92 Å². The van der Waals surface area contributed by atoms with Crippen molar-refractivity contribution >= 4 is 34.2 Å². The summed E-state index contributed by atoms with van der Waals surface area (Å²) in [7, 11) is 0. The molecule has 2 atom stereocenters. The largest absolute Gasteiger partial charge is 0.393 e. The molecule has 0 heterocycles. The average molecular weight is 404 g/mol. The van der Waals surface area contributed by atoms with Crippen LogP contribution in [0.3, 0.4) is 0 Å². The number of rotatable bonds is 4. The van der Waals surface area contributed by atoms with Gasteiger partial charge in [-0.05, 0) is 41.5 Å². The molecule has 1 aromatic rings. The Morgan fingerprint density at radius 3 is 2.81 bits per heavy atom. The van der Waals surface area contributed by atoms with E-state index in [1.54, 1.807) is 6.07 Å². The van der Waals surface area contributed by atoms with Gasteiger partial charge in [0.25, 0.3) is 11.6 Å². The third kappa shape index (κ3) is 4.13. The molecule has 6 nitrogen and oxygen atoms in total. The van der Waals surface area contributed by atoms with Gasteiger partial charge in [-0.3, -0.25) is 14.9 Å². The number of hydrogen-bond donors (Lipinski definition) is 2. The van der Waals surface area contributed by atoms with Crippen LogP contribution in [0.5, 0.6) is 0 Å². The van der Waals surface area contributed by atoms with Gasteiger partial charge in [-0.2, -0.15) is 0 Å². The molecule has 21 heavy (non-hydrogen) atoms. The van der Waals surface area contributed by atoms with E-state index in [9.17, 15) is 20.0 Å². The van der Waals surface area contributed by atoms with E-state index in [1.165, 1.54) is 12.1 Å². The van der Waals surface area contributed by atoms with Gasteiger partial charge in [0, 0.05) is 28.2 Å². The Bertz CT molecular complexity index is 550. The molecule has 1 aliphatic rings. The van der Waals surface area contributed by atoms with Crippen LogP contribution >= 0.6 is 22.6 Å². The van der Waals surface area contributed by atoms with Crippen molar-refractivity contribution in [1.29, 1.82) is 0 Å². The van der Waals surface area contributed by atoms with E-state index >= 15 is 0 Å². The summed E-state index contributed by atoms with van der Waals surface area (Å²) >= 11 is 1.98. The molecule has 0 bridgehead atoms. The van der Waals surface area contributed by atoms with Crippen LogP contribution < -0.4 is 5.32 Å². The van der Waals surface area contributed by atoms with Gasteiger partial charge in [-0.15, -0.1) is 0 Å². The fourth-order valence-electron chi connectivity index (χ4n) is 2.55. The van der Waals surface area contributed by atoms with Crippen LogP contribution in [0.15, 0.2) is 18.2 Å². The van der Waals surface area contributed by atoms with E-state index in [4.69, 9.17) is 0 Å². The van der Waals surface area contributed by atoms with Gasteiger partial charge < -0.3 is 10.4 Å². The molecule has 0 aromatic heterocycles. The lowest BCUT2D eigenvalue weighted by Gasteiger charge is -2.27. The minimum atomic E-state index is -0.516. The van der Waals surface area contributed by atoms with Crippen molar-refractivity contribution in [2.75, 3.05) is 6.54 Å². The van der Waals surface area contributed by atoms with E-state index in [0.29, 0.717) is 15.7 Å². The normalized spacial score (nSPS) is 21.8. The summed E-state index contributed by atoms with van der Waals surface area (Å²) in [6.45, 7) is 0.402. The number of nitro benzene ring substituents is 1. The first-order valence-corrected chi connectivity index (χ1v) is 7.97. The summed E-state index contributed by atoms with van der Waals surface area (Å²) in [5.41, 5.74) is 0.202. The van der Waals surface area contributed by atoms with Crippen LogP contribution in [0, 0.1) is 19.6 Å². The zero-order valence-electron chi connectivity index (χ0n) is 11.4. The number of nitrogens with one attached hydrogen (secondary N) is 1. The van der Waals surface area contributed by atoms with E-state index in [2.05, 4.69) is 5.32 Å². The second kappa shape index (κ2) is 7.17. The van der Waals surface area contributed by atoms with Crippen molar-refractivity contribution in [2.45, 2.75) is 31.8 Å². The molecular formula is C14H17IN2O4. The minimum absolute atomic E-state index is 0.0686.